The summed E-state index contributed by atoms with van der Waals surface area (Å²) in [5.41, 5.74) is 1.92. The lowest BCUT2D eigenvalue weighted by atomic mass is 9.88. The first kappa shape index (κ1) is 17.7. The third-order valence-electron chi connectivity index (χ3n) is 4.21. The molecule has 0 amide bonds. The number of aliphatic carboxylic acids is 2. The van der Waals surface area contributed by atoms with E-state index in [9.17, 15) is 19.8 Å². The fourth-order valence-corrected chi connectivity index (χ4v) is 2.83. The van der Waals surface area contributed by atoms with Gasteiger partial charge in [0.05, 0.1) is 11.8 Å². The second kappa shape index (κ2) is 8.87. The van der Waals surface area contributed by atoms with Crippen LogP contribution >= 0.6 is 0 Å². The second-order valence-electron chi connectivity index (χ2n) is 6.03. The summed E-state index contributed by atoms with van der Waals surface area (Å²) in [4.78, 5) is 23.0. The predicted molar refractivity (Wildman–Crippen MR) is 91.8 cm³/mol. The largest absolute Gasteiger partial charge is 0.481 e. The highest BCUT2D eigenvalue weighted by Gasteiger charge is 2.23. The van der Waals surface area contributed by atoms with E-state index < -0.39 is 23.8 Å². The predicted octanol–water partition coefficient (Wildman–Crippen LogP) is 3.65. The number of rotatable bonds is 9. The Hall–Kier alpha value is -2.62. The Bertz CT molecular complexity index is 592. The van der Waals surface area contributed by atoms with Gasteiger partial charge in [-0.15, -0.1) is 0 Å². The smallest absolute Gasteiger partial charge is 0.306 e. The fraction of sp³-hybridized carbons (Fsp3) is 0.300. The van der Waals surface area contributed by atoms with Gasteiger partial charge in [-0.2, -0.15) is 0 Å². The van der Waals surface area contributed by atoms with Crippen LogP contribution in [0.1, 0.15) is 24.0 Å². The molecule has 2 aromatic rings. The maximum Gasteiger partial charge on any atom is 0.306 e. The molecule has 0 aromatic heterocycles. The van der Waals surface area contributed by atoms with Crippen LogP contribution in [0.15, 0.2) is 60.7 Å². The summed E-state index contributed by atoms with van der Waals surface area (Å²) in [5, 5.41) is 18.9. The molecule has 0 aliphatic heterocycles. The zero-order valence-electron chi connectivity index (χ0n) is 13.5. The summed E-state index contributed by atoms with van der Waals surface area (Å²) < 4.78 is 0. The molecular formula is C20H22O4. The second-order valence-corrected chi connectivity index (χ2v) is 6.03. The van der Waals surface area contributed by atoms with E-state index in [4.69, 9.17) is 0 Å². The minimum absolute atomic E-state index is 0.355. The first-order valence-electron chi connectivity index (χ1n) is 8.09. The van der Waals surface area contributed by atoms with Gasteiger partial charge in [0.15, 0.2) is 0 Å². The van der Waals surface area contributed by atoms with Gasteiger partial charge in [-0.1, -0.05) is 60.7 Å². The lowest BCUT2D eigenvalue weighted by Crippen LogP contribution is -2.22. The van der Waals surface area contributed by atoms with Crippen LogP contribution in [0, 0.1) is 11.8 Å². The highest BCUT2D eigenvalue weighted by Crippen LogP contribution is 2.21. The van der Waals surface area contributed by atoms with Crippen molar-refractivity contribution < 1.29 is 19.8 Å². The maximum absolute atomic E-state index is 11.5. The number of carbonyl (C=O) groups is 2. The van der Waals surface area contributed by atoms with Crippen LogP contribution in [0.4, 0.5) is 0 Å². The van der Waals surface area contributed by atoms with Crippen LogP contribution < -0.4 is 0 Å². The Balaban J connectivity index is 1.97. The van der Waals surface area contributed by atoms with E-state index in [0.29, 0.717) is 25.7 Å². The third-order valence-corrected chi connectivity index (χ3v) is 4.21. The van der Waals surface area contributed by atoms with Gasteiger partial charge in [-0.3, -0.25) is 9.59 Å². The summed E-state index contributed by atoms with van der Waals surface area (Å²) in [6.07, 6.45) is 1.56. The Kier molecular flexibility index (Phi) is 6.55. The van der Waals surface area contributed by atoms with E-state index in [1.54, 1.807) is 0 Å². The molecule has 24 heavy (non-hydrogen) atoms. The van der Waals surface area contributed by atoms with Crippen LogP contribution in [-0.4, -0.2) is 22.2 Å². The molecule has 2 rings (SSSR count). The van der Waals surface area contributed by atoms with Gasteiger partial charge >= 0.3 is 11.9 Å². The van der Waals surface area contributed by atoms with Crippen LogP contribution in [0.25, 0.3) is 0 Å². The topological polar surface area (TPSA) is 74.6 Å². The first-order valence-corrected chi connectivity index (χ1v) is 8.09. The Morgan fingerprint density at radius 1 is 0.667 bits per heavy atom. The molecule has 4 nitrogen and oxygen atoms in total. The molecule has 0 saturated heterocycles. The summed E-state index contributed by atoms with van der Waals surface area (Å²) in [7, 11) is 0. The maximum atomic E-state index is 11.5. The number of hydrogen-bond donors (Lipinski definition) is 2. The molecule has 126 valence electrons. The zero-order chi connectivity index (χ0) is 17.4. The van der Waals surface area contributed by atoms with Gasteiger partial charge in [-0.05, 0) is 36.8 Å². The molecule has 0 radical (unpaired) electrons. The van der Waals surface area contributed by atoms with Crippen LogP contribution in [-0.2, 0) is 22.4 Å². The first-order chi connectivity index (χ1) is 11.6. The normalized spacial score (nSPS) is 13.2. The van der Waals surface area contributed by atoms with Crippen LogP contribution in [0.2, 0.25) is 0 Å². The number of carboxylic acid groups (broad SMARTS) is 2. The monoisotopic (exact) mass is 326 g/mol. The van der Waals surface area contributed by atoms with E-state index in [2.05, 4.69) is 0 Å². The van der Waals surface area contributed by atoms with Gasteiger partial charge in [0.1, 0.15) is 0 Å². The van der Waals surface area contributed by atoms with Crippen molar-refractivity contribution >= 4 is 11.9 Å². The van der Waals surface area contributed by atoms with Crippen molar-refractivity contribution in [2.75, 3.05) is 0 Å². The lowest BCUT2D eigenvalue weighted by molar-refractivity contribution is -0.145. The van der Waals surface area contributed by atoms with E-state index in [-0.39, 0.29) is 0 Å². The molecule has 0 heterocycles. The molecule has 0 saturated carbocycles. The molecule has 2 aromatic carbocycles. The highest BCUT2D eigenvalue weighted by atomic mass is 16.4. The molecule has 0 aliphatic rings. The van der Waals surface area contributed by atoms with Gasteiger partial charge in [-0.25, -0.2) is 0 Å². The molecule has 2 N–H and O–H groups in total. The van der Waals surface area contributed by atoms with Crippen molar-refractivity contribution in [1.82, 2.24) is 0 Å². The molecule has 4 heteroatoms. The molecule has 2 atom stereocenters. The minimum Gasteiger partial charge on any atom is -0.481 e. The van der Waals surface area contributed by atoms with E-state index in [0.717, 1.165) is 11.1 Å². The van der Waals surface area contributed by atoms with E-state index in [1.807, 2.05) is 60.7 Å². The summed E-state index contributed by atoms with van der Waals surface area (Å²) in [6, 6.07) is 18.9. The molecular weight excluding hydrogens is 304 g/mol. The average Bonchev–Trinajstić information content (AvgIpc) is 2.58. The molecule has 0 bridgehead atoms. The van der Waals surface area contributed by atoms with Gasteiger partial charge in [0, 0.05) is 0 Å². The molecule has 0 spiro atoms. The van der Waals surface area contributed by atoms with Crippen LogP contribution in [0.3, 0.4) is 0 Å². The third kappa shape index (κ3) is 5.54. The lowest BCUT2D eigenvalue weighted by Gasteiger charge is -2.16. The zero-order valence-corrected chi connectivity index (χ0v) is 13.5. The van der Waals surface area contributed by atoms with Crippen molar-refractivity contribution in [2.45, 2.75) is 25.7 Å². The van der Waals surface area contributed by atoms with Crippen LogP contribution in [0.5, 0.6) is 0 Å². The van der Waals surface area contributed by atoms with E-state index in [1.165, 1.54) is 0 Å². The number of carboxylic acids is 2. The number of benzene rings is 2. The average molecular weight is 326 g/mol. The summed E-state index contributed by atoms with van der Waals surface area (Å²) in [5.74, 6) is -2.87. The molecule has 0 aliphatic carbocycles. The number of hydrogen-bond acceptors (Lipinski definition) is 2. The van der Waals surface area contributed by atoms with E-state index >= 15 is 0 Å². The quantitative estimate of drug-likeness (QED) is 0.737. The summed E-state index contributed by atoms with van der Waals surface area (Å²) >= 11 is 0. The summed E-state index contributed by atoms with van der Waals surface area (Å²) in [6.45, 7) is 0. The van der Waals surface area contributed by atoms with Gasteiger partial charge in [0.2, 0.25) is 0 Å². The standard InChI is InChI=1S/C20H22O4/c21-19(22)17(13-15-7-3-1-4-8-15)11-12-18(20(23)24)14-16-9-5-2-6-10-16/h1-10,17-18H,11-14H2,(H,21,22)(H,23,24)/t17-,18-/m0/s1. The van der Waals surface area contributed by atoms with Crippen molar-refractivity contribution in [3.8, 4) is 0 Å². The highest BCUT2D eigenvalue weighted by molar-refractivity contribution is 5.72. The fourth-order valence-electron chi connectivity index (χ4n) is 2.83. The molecule has 0 unspecified atom stereocenters. The van der Waals surface area contributed by atoms with Gasteiger partial charge in [0.25, 0.3) is 0 Å². The van der Waals surface area contributed by atoms with Crippen molar-refractivity contribution in [2.24, 2.45) is 11.8 Å². The Morgan fingerprint density at radius 2 is 1.00 bits per heavy atom. The Labute approximate surface area is 141 Å². The Morgan fingerprint density at radius 3 is 1.29 bits per heavy atom. The van der Waals surface area contributed by atoms with Crippen molar-refractivity contribution in [3.05, 3.63) is 71.8 Å². The molecule has 0 fully saturated rings. The SMILES string of the molecule is O=C(O)[C@@H](CC[C@@H](Cc1ccccc1)C(=O)O)Cc1ccccc1. The minimum atomic E-state index is -0.872. The van der Waals surface area contributed by atoms with Crippen molar-refractivity contribution in [1.29, 1.82) is 0 Å². The van der Waals surface area contributed by atoms with Crippen molar-refractivity contribution in [3.63, 3.8) is 0 Å². The van der Waals surface area contributed by atoms with Gasteiger partial charge < -0.3 is 10.2 Å².